The fraction of sp³-hybridized carbons (Fsp3) is 0.222. The summed E-state index contributed by atoms with van der Waals surface area (Å²) in [5, 5.41) is 14.1. The summed E-state index contributed by atoms with van der Waals surface area (Å²) in [7, 11) is 0. The zero-order valence-corrected chi connectivity index (χ0v) is 13.7. The van der Waals surface area contributed by atoms with E-state index >= 15 is 0 Å². The number of aryl methyl sites for hydroxylation is 1. The van der Waals surface area contributed by atoms with Crippen molar-refractivity contribution in [2.24, 2.45) is 5.92 Å². The highest BCUT2D eigenvalue weighted by Gasteiger charge is 2.30. The Hall–Kier alpha value is -2.60. The predicted molar refractivity (Wildman–Crippen MR) is 96.5 cm³/mol. The number of hydrogen-bond donors (Lipinski definition) is 1. The molecular weight excluding hydrogens is 324 g/mol. The topological polar surface area (TPSA) is 72.2 Å². The van der Waals surface area contributed by atoms with Crippen LogP contribution in [0.5, 0.6) is 0 Å². The van der Waals surface area contributed by atoms with Gasteiger partial charge in [-0.05, 0) is 37.0 Å². The molecule has 3 rings (SSSR count). The lowest BCUT2D eigenvalue weighted by atomic mass is 9.94. The van der Waals surface area contributed by atoms with Gasteiger partial charge in [-0.1, -0.05) is 36.5 Å². The second-order valence-electron chi connectivity index (χ2n) is 5.76. The van der Waals surface area contributed by atoms with Gasteiger partial charge in [0.2, 0.25) is 0 Å². The molecule has 2 aromatic rings. The largest absolute Gasteiger partial charge is 0.349 e. The lowest BCUT2D eigenvalue weighted by Crippen LogP contribution is -2.27. The number of para-hydroxylation sites is 1. The molecule has 1 atom stereocenters. The van der Waals surface area contributed by atoms with Crippen LogP contribution in [-0.2, 0) is 6.42 Å². The summed E-state index contributed by atoms with van der Waals surface area (Å²) in [6, 6.07) is 13.9. The van der Waals surface area contributed by atoms with Crippen LogP contribution in [0.15, 0.2) is 48.5 Å². The molecule has 0 spiro atoms. The van der Waals surface area contributed by atoms with E-state index in [0.29, 0.717) is 17.0 Å². The second-order valence-corrected chi connectivity index (χ2v) is 6.20. The standard InChI is InChI=1S/C18H16N2O3S/c21-17-15(18(24)19-13-6-2-1-3-7-13)8-4-5-12-9-10-14(20(22)23)11-16(12)17/h1-3,6-7,9-11,15H,4-5,8H2,(H,19,24). The fourth-order valence-corrected chi connectivity index (χ4v) is 3.28. The average molecular weight is 340 g/mol. The number of nitrogens with zero attached hydrogens (tertiary/aromatic N) is 1. The molecule has 5 nitrogen and oxygen atoms in total. The zero-order valence-electron chi connectivity index (χ0n) is 12.9. The molecule has 0 heterocycles. The summed E-state index contributed by atoms with van der Waals surface area (Å²) >= 11 is 5.44. The van der Waals surface area contributed by atoms with Crippen molar-refractivity contribution in [3.05, 3.63) is 69.8 Å². The molecule has 1 unspecified atom stereocenters. The number of nitrogens with one attached hydrogen (secondary N) is 1. The maximum atomic E-state index is 12.9. The van der Waals surface area contributed by atoms with Crippen LogP contribution in [0.25, 0.3) is 0 Å². The Morgan fingerprint density at radius 3 is 2.67 bits per heavy atom. The molecule has 122 valence electrons. The van der Waals surface area contributed by atoms with Crippen molar-refractivity contribution in [3.8, 4) is 0 Å². The van der Waals surface area contributed by atoms with E-state index in [2.05, 4.69) is 5.32 Å². The predicted octanol–water partition coefficient (Wildman–Crippen LogP) is 4.17. The average Bonchev–Trinajstić information content (AvgIpc) is 2.74. The molecular formula is C18H16N2O3S. The summed E-state index contributed by atoms with van der Waals surface area (Å²) in [6.45, 7) is 0. The molecule has 6 heteroatoms. The molecule has 0 aliphatic heterocycles. The van der Waals surface area contributed by atoms with Gasteiger partial charge >= 0.3 is 0 Å². The fourth-order valence-electron chi connectivity index (χ4n) is 2.94. The van der Waals surface area contributed by atoms with Gasteiger partial charge in [0.25, 0.3) is 5.69 Å². The van der Waals surface area contributed by atoms with E-state index in [0.717, 1.165) is 24.1 Å². The van der Waals surface area contributed by atoms with E-state index in [1.807, 2.05) is 30.3 Å². The van der Waals surface area contributed by atoms with Gasteiger partial charge < -0.3 is 5.32 Å². The first-order valence-corrected chi connectivity index (χ1v) is 8.14. The number of Topliss-reactive ketones (excluding diaryl/α,β-unsaturated/α-hetero) is 1. The van der Waals surface area contributed by atoms with Crippen molar-refractivity contribution in [2.75, 3.05) is 5.32 Å². The molecule has 1 aliphatic carbocycles. The summed E-state index contributed by atoms with van der Waals surface area (Å²) < 4.78 is 0. The summed E-state index contributed by atoms with van der Waals surface area (Å²) in [5.74, 6) is -0.594. The highest BCUT2D eigenvalue weighted by molar-refractivity contribution is 7.80. The first-order chi connectivity index (χ1) is 11.6. The van der Waals surface area contributed by atoms with Crippen LogP contribution in [0.4, 0.5) is 11.4 Å². The van der Waals surface area contributed by atoms with E-state index < -0.39 is 10.8 Å². The van der Waals surface area contributed by atoms with Crippen molar-refractivity contribution < 1.29 is 9.72 Å². The van der Waals surface area contributed by atoms with Crippen molar-refractivity contribution in [1.29, 1.82) is 0 Å². The van der Waals surface area contributed by atoms with E-state index in [9.17, 15) is 14.9 Å². The molecule has 0 saturated heterocycles. The quantitative estimate of drug-likeness (QED) is 0.393. The number of fused-ring (bicyclic) bond motifs is 1. The number of carbonyl (C=O) groups excluding carboxylic acids is 1. The number of benzene rings is 2. The maximum absolute atomic E-state index is 12.9. The molecule has 0 amide bonds. The normalized spacial score (nSPS) is 16.8. The number of thiocarbonyl (C=S) groups is 1. The first-order valence-electron chi connectivity index (χ1n) is 7.73. The molecule has 0 bridgehead atoms. The molecule has 0 saturated carbocycles. The van der Waals surface area contributed by atoms with Gasteiger partial charge in [-0.25, -0.2) is 0 Å². The highest BCUT2D eigenvalue weighted by Crippen LogP contribution is 2.29. The molecule has 24 heavy (non-hydrogen) atoms. The monoisotopic (exact) mass is 340 g/mol. The minimum Gasteiger partial charge on any atom is -0.349 e. The Morgan fingerprint density at radius 1 is 1.21 bits per heavy atom. The number of non-ortho nitro benzene ring substituents is 1. The van der Waals surface area contributed by atoms with Gasteiger partial charge in [0.1, 0.15) is 0 Å². The van der Waals surface area contributed by atoms with Gasteiger partial charge in [0.15, 0.2) is 5.78 Å². The third kappa shape index (κ3) is 3.33. The van der Waals surface area contributed by atoms with Crippen molar-refractivity contribution in [1.82, 2.24) is 0 Å². The van der Waals surface area contributed by atoms with E-state index in [1.165, 1.54) is 12.1 Å². The Morgan fingerprint density at radius 2 is 1.96 bits per heavy atom. The smallest absolute Gasteiger partial charge is 0.270 e. The number of ketones is 1. The first kappa shape index (κ1) is 16.3. The number of nitro benzene ring substituents is 1. The Balaban J connectivity index is 1.88. The maximum Gasteiger partial charge on any atom is 0.270 e. The van der Waals surface area contributed by atoms with Crippen molar-refractivity contribution in [3.63, 3.8) is 0 Å². The second kappa shape index (κ2) is 6.88. The van der Waals surface area contributed by atoms with E-state index in [-0.39, 0.29) is 11.5 Å². The minimum atomic E-state index is -0.478. The van der Waals surface area contributed by atoms with Crippen LogP contribution in [0.3, 0.4) is 0 Å². The number of carbonyl (C=O) groups is 1. The number of nitro groups is 1. The zero-order chi connectivity index (χ0) is 17.1. The van der Waals surface area contributed by atoms with E-state index in [4.69, 9.17) is 12.2 Å². The van der Waals surface area contributed by atoms with Gasteiger partial charge in [-0.15, -0.1) is 0 Å². The summed E-state index contributed by atoms with van der Waals surface area (Å²) in [5.41, 5.74) is 2.04. The van der Waals surface area contributed by atoms with Crippen LogP contribution < -0.4 is 5.32 Å². The van der Waals surface area contributed by atoms with Crippen LogP contribution in [0.1, 0.15) is 28.8 Å². The highest BCUT2D eigenvalue weighted by atomic mass is 32.1. The molecule has 0 fully saturated rings. The summed E-state index contributed by atoms with van der Waals surface area (Å²) in [6.07, 6.45) is 2.18. The Kier molecular flexibility index (Phi) is 4.66. The van der Waals surface area contributed by atoms with Crippen LogP contribution in [-0.4, -0.2) is 15.7 Å². The SMILES string of the molecule is O=C1c2cc([N+](=O)[O-])ccc2CCCC1C(=S)Nc1ccccc1. The molecule has 0 aromatic heterocycles. The molecule has 1 N–H and O–H groups in total. The molecule has 2 aromatic carbocycles. The van der Waals surface area contributed by atoms with E-state index in [1.54, 1.807) is 6.07 Å². The Bertz CT molecular complexity index is 805. The van der Waals surface area contributed by atoms with Crippen LogP contribution in [0.2, 0.25) is 0 Å². The number of rotatable bonds is 3. The van der Waals surface area contributed by atoms with Crippen LogP contribution >= 0.6 is 12.2 Å². The third-order valence-corrected chi connectivity index (χ3v) is 4.57. The van der Waals surface area contributed by atoms with Crippen LogP contribution in [0, 0.1) is 16.0 Å². The number of hydrogen-bond acceptors (Lipinski definition) is 4. The van der Waals surface area contributed by atoms with Crippen molar-refractivity contribution in [2.45, 2.75) is 19.3 Å². The van der Waals surface area contributed by atoms with Crippen molar-refractivity contribution >= 4 is 34.4 Å². The van der Waals surface area contributed by atoms with Gasteiger partial charge in [0, 0.05) is 23.4 Å². The molecule has 0 radical (unpaired) electrons. The van der Waals surface area contributed by atoms with Gasteiger partial charge in [0.05, 0.1) is 15.8 Å². The molecule has 1 aliphatic rings. The lowest BCUT2D eigenvalue weighted by Gasteiger charge is -2.17. The van der Waals surface area contributed by atoms with Gasteiger partial charge in [-0.3, -0.25) is 14.9 Å². The Labute approximate surface area is 144 Å². The third-order valence-electron chi connectivity index (χ3n) is 4.18. The minimum absolute atomic E-state index is 0.0651. The summed E-state index contributed by atoms with van der Waals surface area (Å²) in [4.78, 5) is 23.9. The number of anilines is 1. The van der Waals surface area contributed by atoms with Gasteiger partial charge in [-0.2, -0.15) is 0 Å². The lowest BCUT2D eigenvalue weighted by molar-refractivity contribution is -0.384.